The van der Waals surface area contributed by atoms with Crippen molar-refractivity contribution < 1.29 is 46.2 Å². The summed E-state index contributed by atoms with van der Waals surface area (Å²) in [5.74, 6) is -5.83. The predicted molar refractivity (Wildman–Crippen MR) is 159 cm³/mol. The van der Waals surface area contributed by atoms with Crippen molar-refractivity contribution >= 4 is 46.6 Å². The number of alkyl halides is 4. The summed E-state index contributed by atoms with van der Waals surface area (Å²) in [6.07, 6.45) is -7.47. The molecule has 18 heteroatoms. The summed E-state index contributed by atoms with van der Waals surface area (Å²) >= 11 is 0. The molecule has 2 aromatic heterocycles. The molecule has 254 valence electrons. The summed E-state index contributed by atoms with van der Waals surface area (Å²) < 4.78 is 65.8. The molecule has 0 unspecified atom stereocenters. The van der Waals surface area contributed by atoms with Gasteiger partial charge in [-0.1, -0.05) is 0 Å². The van der Waals surface area contributed by atoms with Gasteiger partial charge in [-0.15, -0.1) is 0 Å². The number of carbonyl (C=O) groups excluding carboxylic acids is 4. The highest BCUT2D eigenvalue weighted by Crippen LogP contribution is 2.26. The summed E-state index contributed by atoms with van der Waals surface area (Å²) in [5.41, 5.74) is 1.35. The lowest BCUT2D eigenvalue weighted by molar-refractivity contribution is -0.170. The molecule has 0 radical (unpaired) electrons. The van der Waals surface area contributed by atoms with Crippen molar-refractivity contribution in [2.45, 2.75) is 84.1 Å². The van der Waals surface area contributed by atoms with E-state index in [1.165, 1.54) is 41.5 Å². The molecule has 0 fully saturated rings. The minimum Gasteiger partial charge on any atom is -0.458 e. The molecule has 3 rings (SSSR count). The van der Waals surface area contributed by atoms with E-state index in [0.29, 0.717) is 4.90 Å². The van der Waals surface area contributed by atoms with Gasteiger partial charge in [-0.2, -0.15) is 18.2 Å². The first-order valence-electron chi connectivity index (χ1n) is 13.9. The molecule has 4 N–H and O–H groups in total. The molecule has 0 aliphatic rings. The van der Waals surface area contributed by atoms with Crippen molar-refractivity contribution in [2.75, 3.05) is 10.6 Å². The Labute approximate surface area is 265 Å². The molecule has 0 bridgehead atoms. The third kappa shape index (κ3) is 10.2. The van der Waals surface area contributed by atoms with Crippen LogP contribution in [0.5, 0.6) is 0 Å². The van der Waals surface area contributed by atoms with Crippen molar-refractivity contribution in [1.82, 2.24) is 25.3 Å². The van der Waals surface area contributed by atoms with Crippen LogP contribution in [0.2, 0.25) is 0 Å². The lowest BCUT2D eigenvalue weighted by Crippen LogP contribution is -2.46. The molecular weight excluding hydrogens is 634 g/mol. The largest absolute Gasteiger partial charge is 0.471 e. The fourth-order valence-electron chi connectivity index (χ4n) is 3.93. The third-order valence-electron chi connectivity index (χ3n) is 5.84. The smallest absolute Gasteiger partial charge is 0.458 e. The molecule has 2 amide bonds. The van der Waals surface area contributed by atoms with Gasteiger partial charge in [0, 0.05) is 17.7 Å². The van der Waals surface area contributed by atoms with Crippen LogP contribution < -0.4 is 21.5 Å². The monoisotopic (exact) mass is 667 g/mol. The highest BCUT2D eigenvalue weighted by molar-refractivity contribution is 5.99. The molecule has 0 aliphatic carbocycles. The number of halogens is 4. The Morgan fingerprint density at radius 1 is 0.957 bits per heavy atom. The van der Waals surface area contributed by atoms with E-state index >= 15 is 0 Å². The maximum atomic E-state index is 14.8. The van der Waals surface area contributed by atoms with Gasteiger partial charge in [0.25, 0.3) is 11.5 Å². The predicted octanol–water partition coefficient (Wildman–Crippen LogP) is 2.90. The lowest BCUT2D eigenvalue weighted by Gasteiger charge is -2.26. The first kappa shape index (κ1) is 36.3. The molecule has 1 aromatic carbocycles. The number of nitrogens with one attached hydrogen (secondary N) is 2. The summed E-state index contributed by atoms with van der Waals surface area (Å²) in [6.45, 7) is 8.36. The van der Waals surface area contributed by atoms with Crippen molar-refractivity contribution in [2.24, 2.45) is 0 Å². The summed E-state index contributed by atoms with van der Waals surface area (Å²) in [7, 11) is 0. The quantitative estimate of drug-likeness (QED) is 0.224. The number of hydrogen-bond acceptors (Lipinski definition) is 11. The molecule has 3 aromatic rings. The number of fused-ring (bicyclic) bond motifs is 1. The van der Waals surface area contributed by atoms with E-state index in [2.05, 4.69) is 25.3 Å². The van der Waals surface area contributed by atoms with Gasteiger partial charge in [-0.05, 0) is 65.8 Å². The second kappa shape index (κ2) is 13.7. The van der Waals surface area contributed by atoms with Gasteiger partial charge in [0.2, 0.25) is 5.95 Å². The number of esters is 2. The van der Waals surface area contributed by atoms with E-state index in [9.17, 15) is 41.5 Å². The average Bonchev–Trinajstić information content (AvgIpc) is 2.93. The first-order valence-corrected chi connectivity index (χ1v) is 13.9. The minimum atomic E-state index is -5.33. The van der Waals surface area contributed by atoms with Gasteiger partial charge in [0.15, 0.2) is 17.3 Å². The molecular formula is C29H33F4N7O7. The molecule has 0 aliphatic heterocycles. The number of hydrogen-bond donors (Lipinski definition) is 3. The number of nitrogen functional groups attached to an aromatic ring is 1. The van der Waals surface area contributed by atoms with E-state index in [-0.39, 0.29) is 34.1 Å². The Balaban J connectivity index is 1.88. The second-order valence-corrected chi connectivity index (χ2v) is 12.2. The minimum absolute atomic E-state index is 0.172. The number of aromatic nitrogens is 4. The van der Waals surface area contributed by atoms with E-state index < -0.39 is 71.9 Å². The molecule has 0 spiro atoms. The lowest BCUT2D eigenvalue weighted by atomic mass is 10.1. The molecule has 2 atom stereocenters. The van der Waals surface area contributed by atoms with Crippen LogP contribution >= 0.6 is 0 Å². The van der Waals surface area contributed by atoms with E-state index in [1.54, 1.807) is 0 Å². The Hall–Kier alpha value is -5.16. The standard InChI is InChI=1S/C29H33F4N7O7/c1-27(2,3)46-23(43)17(30)11-18(24(44)47-28(4,5)6)37-21(41)14-7-9-16(10-8-14)40(25(45)29(31,32)33)13-15-12-35-20-19(36-15)22(42)39-26(34)38-20/h7-10,12,17-18H,11,13H2,1-6H3,(H,37,41)(H3,34,35,38,39,42)/t17-,18+/m1/s1. The Bertz CT molecular complexity index is 1720. The molecule has 14 nitrogen and oxygen atoms in total. The van der Waals surface area contributed by atoms with Crippen molar-refractivity contribution in [3.8, 4) is 0 Å². The number of rotatable bonds is 9. The number of nitrogens with two attached hydrogens (primary N) is 1. The van der Waals surface area contributed by atoms with Crippen molar-refractivity contribution in [3.05, 3.63) is 52.1 Å². The zero-order valence-corrected chi connectivity index (χ0v) is 26.2. The summed E-state index contributed by atoms with van der Waals surface area (Å²) in [4.78, 5) is 76.8. The van der Waals surface area contributed by atoms with Crippen LogP contribution in [-0.2, 0) is 30.4 Å². The number of H-pyrrole nitrogens is 1. The topological polar surface area (TPSA) is 200 Å². The van der Waals surface area contributed by atoms with Gasteiger partial charge in [-0.25, -0.2) is 23.9 Å². The van der Waals surface area contributed by atoms with Gasteiger partial charge in [0.05, 0.1) is 18.4 Å². The van der Waals surface area contributed by atoms with E-state index in [1.807, 2.05) is 0 Å². The Morgan fingerprint density at radius 3 is 2.09 bits per heavy atom. The van der Waals surface area contributed by atoms with Crippen LogP contribution in [0.15, 0.2) is 35.3 Å². The highest BCUT2D eigenvalue weighted by Gasteiger charge is 2.43. The fourth-order valence-corrected chi connectivity index (χ4v) is 3.93. The zero-order valence-electron chi connectivity index (χ0n) is 26.2. The maximum absolute atomic E-state index is 14.8. The highest BCUT2D eigenvalue weighted by atomic mass is 19.4. The van der Waals surface area contributed by atoms with E-state index in [4.69, 9.17) is 15.2 Å². The molecule has 2 heterocycles. The number of benzene rings is 1. The summed E-state index contributed by atoms with van der Waals surface area (Å²) in [5, 5.41) is 2.28. The maximum Gasteiger partial charge on any atom is 0.471 e. The third-order valence-corrected chi connectivity index (χ3v) is 5.84. The molecule has 47 heavy (non-hydrogen) atoms. The van der Waals surface area contributed by atoms with Crippen molar-refractivity contribution in [1.29, 1.82) is 0 Å². The van der Waals surface area contributed by atoms with Crippen LogP contribution in [0.1, 0.15) is 64.0 Å². The fraction of sp³-hybridized carbons (Fsp3) is 0.448. The van der Waals surface area contributed by atoms with E-state index in [0.717, 1.165) is 30.5 Å². The number of carbonyl (C=O) groups is 4. The van der Waals surface area contributed by atoms with Crippen molar-refractivity contribution in [3.63, 3.8) is 0 Å². The number of anilines is 2. The van der Waals surface area contributed by atoms with Gasteiger partial charge in [-0.3, -0.25) is 24.3 Å². The number of amides is 2. The Morgan fingerprint density at radius 2 is 1.53 bits per heavy atom. The number of aromatic amines is 1. The second-order valence-electron chi connectivity index (χ2n) is 12.2. The van der Waals surface area contributed by atoms with Crippen LogP contribution in [0.25, 0.3) is 11.2 Å². The van der Waals surface area contributed by atoms with Gasteiger partial charge >= 0.3 is 24.0 Å². The number of ether oxygens (including phenoxy) is 2. The molecule has 0 saturated heterocycles. The Kier molecular flexibility index (Phi) is 10.6. The van der Waals surface area contributed by atoms with Crippen LogP contribution in [0, 0.1) is 0 Å². The van der Waals surface area contributed by atoms with Crippen LogP contribution in [-0.4, -0.2) is 73.3 Å². The zero-order chi connectivity index (χ0) is 35.5. The first-order chi connectivity index (χ1) is 21.5. The van der Waals surface area contributed by atoms with Gasteiger partial charge in [0.1, 0.15) is 17.2 Å². The summed E-state index contributed by atoms with van der Waals surface area (Å²) in [6, 6.07) is 2.48. The van der Waals surface area contributed by atoms with Gasteiger partial charge < -0.3 is 20.5 Å². The van der Waals surface area contributed by atoms with Crippen LogP contribution in [0.4, 0.5) is 29.2 Å². The average molecular weight is 668 g/mol. The normalized spacial score (nSPS) is 13.4. The number of nitrogens with zero attached hydrogens (tertiary/aromatic N) is 4. The van der Waals surface area contributed by atoms with Crippen LogP contribution in [0.3, 0.4) is 0 Å². The SMILES string of the molecule is CC(C)(C)OC(=O)[C@H](F)C[C@H](NC(=O)c1ccc(N(Cc2cnc3nc(N)[nH]c(=O)c3n2)C(=O)C(F)(F)F)cc1)C(=O)OC(C)(C)C. The molecule has 0 saturated carbocycles.